The highest BCUT2D eigenvalue weighted by molar-refractivity contribution is 5.83. The van der Waals surface area contributed by atoms with Gasteiger partial charge >= 0.3 is 0 Å². The Morgan fingerprint density at radius 2 is 2.17 bits per heavy atom. The van der Waals surface area contributed by atoms with Crippen LogP contribution in [0.25, 0.3) is 10.9 Å². The molecular formula is C9H8FNO. The van der Waals surface area contributed by atoms with Crippen LogP contribution in [0.2, 0.25) is 0 Å². The third-order valence-corrected chi connectivity index (χ3v) is 1.93. The van der Waals surface area contributed by atoms with Gasteiger partial charge in [0.15, 0.2) is 0 Å². The second-order valence-electron chi connectivity index (χ2n) is 2.63. The number of nitrogens with one attached hydrogen (secondary N) is 1. The van der Waals surface area contributed by atoms with Crippen molar-refractivity contribution < 1.29 is 9.50 Å². The lowest BCUT2D eigenvalue weighted by molar-refractivity contribution is 0.283. The van der Waals surface area contributed by atoms with Crippen LogP contribution in [0, 0.1) is 5.82 Å². The lowest BCUT2D eigenvalue weighted by Crippen LogP contribution is -1.86. The van der Waals surface area contributed by atoms with Crippen molar-refractivity contribution in [1.29, 1.82) is 0 Å². The molecule has 1 aromatic carbocycles. The fraction of sp³-hybridized carbons (Fsp3) is 0.111. The Hall–Kier alpha value is -1.35. The minimum atomic E-state index is -0.285. The van der Waals surface area contributed by atoms with Gasteiger partial charge in [0.05, 0.1) is 12.1 Å². The minimum Gasteiger partial charge on any atom is -0.392 e. The molecule has 62 valence electrons. The van der Waals surface area contributed by atoms with Gasteiger partial charge in [0.1, 0.15) is 5.82 Å². The van der Waals surface area contributed by atoms with Gasteiger partial charge in [-0.3, -0.25) is 0 Å². The maximum atomic E-state index is 13.0. The van der Waals surface area contributed by atoms with Crippen LogP contribution in [0.4, 0.5) is 4.39 Å². The topological polar surface area (TPSA) is 36.0 Å². The van der Waals surface area contributed by atoms with E-state index in [1.165, 1.54) is 6.07 Å². The molecule has 12 heavy (non-hydrogen) atoms. The largest absolute Gasteiger partial charge is 0.392 e. The van der Waals surface area contributed by atoms with E-state index in [1.54, 1.807) is 18.3 Å². The minimum absolute atomic E-state index is 0.0609. The predicted octanol–water partition coefficient (Wildman–Crippen LogP) is 1.80. The van der Waals surface area contributed by atoms with Crippen molar-refractivity contribution in [3.63, 3.8) is 0 Å². The van der Waals surface area contributed by atoms with Gasteiger partial charge < -0.3 is 10.1 Å². The zero-order chi connectivity index (χ0) is 8.55. The second-order valence-corrected chi connectivity index (χ2v) is 2.63. The lowest BCUT2D eigenvalue weighted by Gasteiger charge is -1.98. The molecule has 0 spiro atoms. The molecule has 2 rings (SSSR count). The highest BCUT2D eigenvalue weighted by Gasteiger charge is 2.04. The van der Waals surface area contributed by atoms with Crippen LogP contribution in [0.5, 0.6) is 0 Å². The quantitative estimate of drug-likeness (QED) is 0.664. The molecule has 0 saturated carbocycles. The molecule has 1 aromatic heterocycles. The molecule has 0 radical (unpaired) electrons. The Morgan fingerprint density at radius 3 is 2.92 bits per heavy atom. The first-order valence-corrected chi connectivity index (χ1v) is 3.68. The van der Waals surface area contributed by atoms with Crippen molar-refractivity contribution in [3.8, 4) is 0 Å². The van der Waals surface area contributed by atoms with Crippen LogP contribution >= 0.6 is 0 Å². The Labute approximate surface area is 68.6 Å². The molecule has 0 aliphatic carbocycles. The van der Waals surface area contributed by atoms with E-state index in [-0.39, 0.29) is 12.4 Å². The number of aliphatic hydroxyl groups excluding tert-OH is 1. The Morgan fingerprint density at radius 1 is 1.33 bits per heavy atom. The summed E-state index contributed by atoms with van der Waals surface area (Å²) in [5, 5.41) is 9.66. The van der Waals surface area contributed by atoms with Crippen LogP contribution in [0.3, 0.4) is 0 Å². The van der Waals surface area contributed by atoms with Crippen LogP contribution in [0.15, 0.2) is 24.4 Å². The lowest BCUT2D eigenvalue weighted by atomic mass is 10.1. The first-order valence-electron chi connectivity index (χ1n) is 3.68. The van der Waals surface area contributed by atoms with Crippen molar-refractivity contribution in [1.82, 2.24) is 4.98 Å². The number of hydrogen-bond donors (Lipinski definition) is 2. The van der Waals surface area contributed by atoms with Gasteiger partial charge in [-0.2, -0.15) is 0 Å². The maximum Gasteiger partial charge on any atom is 0.147 e. The number of aromatic amines is 1. The maximum absolute atomic E-state index is 13.0. The standard InChI is InChI=1S/C9H8FNO/c10-8-2-1-6(5-12)7-3-4-11-9(7)8/h1-4,11-12H,5H2. The first kappa shape index (κ1) is 7.31. The third-order valence-electron chi connectivity index (χ3n) is 1.93. The third kappa shape index (κ3) is 0.905. The number of rotatable bonds is 1. The van der Waals surface area contributed by atoms with Crippen LogP contribution in [-0.4, -0.2) is 10.1 Å². The molecule has 0 atom stereocenters. The van der Waals surface area contributed by atoms with Crippen LogP contribution in [0.1, 0.15) is 5.56 Å². The number of halogens is 1. The summed E-state index contributed by atoms with van der Waals surface area (Å²) in [6, 6.07) is 4.69. The van der Waals surface area contributed by atoms with Crippen molar-refractivity contribution in [2.45, 2.75) is 6.61 Å². The summed E-state index contributed by atoms with van der Waals surface area (Å²) in [5.74, 6) is -0.285. The number of aromatic nitrogens is 1. The van der Waals surface area contributed by atoms with Gasteiger partial charge in [-0.15, -0.1) is 0 Å². The summed E-state index contributed by atoms with van der Waals surface area (Å²) < 4.78 is 13.0. The summed E-state index contributed by atoms with van der Waals surface area (Å²) in [5.41, 5.74) is 1.20. The molecule has 2 aromatic rings. The van der Waals surface area contributed by atoms with E-state index in [0.717, 1.165) is 10.9 Å². The molecular weight excluding hydrogens is 157 g/mol. The first-order chi connectivity index (χ1) is 5.83. The highest BCUT2D eigenvalue weighted by atomic mass is 19.1. The molecule has 2 nitrogen and oxygen atoms in total. The molecule has 1 heterocycles. The molecule has 2 N–H and O–H groups in total. The molecule has 3 heteroatoms. The zero-order valence-corrected chi connectivity index (χ0v) is 6.34. The van der Waals surface area contributed by atoms with E-state index in [1.807, 2.05) is 0 Å². The van der Waals surface area contributed by atoms with Crippen molar-refractivity contribution in [2.75, 3.05) is 0 Å². The van der Waals surface area contributed by atoms with Gasteiger partial charge in [-0.1, -0.05) is 6.07 Å². The van der Waals surface area contributed by atoms with Gasteiger partial charge in [0.25, 0.3) is 0 Å². The average molecular weight is 165 g/mol. The molecule has 0 aliphatic heterocycles. The van der Waals surface area contributed by atoms with E-state index in [0.29, 0.717) is 5.52 Å². The molecule has 0 amide bonds. The fourth-order valence-corrected chi connectivity index (χ4v) is 1.32. The van der Waals surface area contributed by atoms with Crippen LogP contribution in [-0.2, 0) is 6.61 Å². The normalized spacial score (nSPS) is 10.8. The number of fused-ring (bicyclic) bond motifs is 1. The molecule has 0 bridgehead atoms. The molecule has 0 unspecified atom stereocenters. The van der Waals surface area contributed by atoms with E-state index < -0.39 is 0 Å². The average Bonchev–Trinajstić information content (AvgIpc) is 2.54. The Balaban J connectivity index is 2.82. The van der Waals surface area contributed by atoms with Crippen molar-refractivity contribution >= 4 is 10.9 Å². The summed E-state index contributed by atoms with van der Waals surface area (Å²) in [6.07, 6.45) is 1.66. The summed E-state index contributed by atoms with van der Waals surface area (Å²) in [6.45, 7) is -0.0609. The smallest absolute Gasteiger partial charge is 0.147 e. The SMILES string of the molecule is OCc1ccc(F)c2[nH]ccc12. The molecule has 0 saturated heterocycles. The monoisotopic (exact) mass is 165 g/mol. The van der Waals surface area contributed by atoms with E-state index in [4.69, 9.17) is 5.11 Å². The Kier molecular flexibility index (Phi) is 1.59. The van der Waals surface area contributed by atoms with Crippen LogP contribution < -0.4 is 0 Å². The Bertz CT molecular complexity index is 408. The summed E-state index contributed by atoms with van der Waals surface area (Å²) >= 11 is 0. The zero-order valence-electron chi connectivity index (χ0n) is 6.34. The number of aliphatic hydroxyl groups is 1. The van der Waals surface area contributed by atoms with Gasteiger partial charge in [-0.25, -0.2) is 4.39 Å². The summed E-state index contributed by atoms with van der Waals surface area (Å²) in [7, 11) is 0. The van der Waals surface area contributed by atoms with E-state index in [9.17, 15) is 4.39 Å². The van der Waals surface area contributed by atoms with Crippen molar-refractivity contribution in [2.24, 2.45) is 0 Å². The van der Waals surface area contributed by atoms with E-state index in [2.05, 4.69) is 4.98 Å². The molecule has 0 fully saturated rings. The van der Waals surface area contributed by atoms with Gasteiger partial charge in [0.2, 0.25) is 0 Å². The van der Waals surface area contributed by atoms with E-state index >= 15 is 0 Å². The molecule has 0 aliphatic rings. The number of hydrogen-bond acceptors (Lipinski definition) is 1. The fourth-order valence-electron chi connectivity index (χ4n) is 1.32. The summed E-state index contributed by atoms with van der Waals surface area (Å²) in [4.78, 5) is 2.78. The highest BCUT2D eigenvalue weighted by Crippen LogP contribution is 2.20. The number of H-pyrrole nitrogens is 1. The van der Waals surface area contributed by atoms with Gasteiger partial charge in [0, 0.05) is 11.6 Å². The number of benzene rings is 1. The second kappa shape index (κ2) is 2.60. The predicted molar refractivity (Wildman–Crippen MR) is 44.2 cm³/mol. The van der Waals surface area contributed by atoms with Gasteiger partial charge in [-0.05, 0) is 17.7 Å². The van der Waals surface area contributed by atoms with Crippen molar-refractivity contribution in [3.05, 3.63) is 35.8 Å².